The van der Waals surface area contributed by atoms with Gasteiger partial charge in [-0.2, -0.15) is 0 Å². The third-order valence-corrected chi connectivity index (χ3v) is 3.27. The number of likely N-dealkylation sites (N-methyl/N-ethyl adjacent to an activating group) is 2. The molecule has 0 heterocycles. The predicted octanol–water partition coefficient (Wildman–Crippen LogP) is 2.84. The van der Waals surface area contributed by atoms with Crippen molar-refractivity contribution in [2.75, 3.05) is 47.8 Å². The van der Waals surface area contributed by atoms with E-state index in [0.717, 1.165) is 10.4 Å². The first-order valence-corrected chi connectivity index (χ1v) is 6.88. The van der Waals surface area contributed by atoms with Gasteiger partial charge in [-0.3, -0.25) is 0 Å². The van der Waals surface area contributed by atoms with E-state index in [-0.39, 0.29) is 0 Å². The topological polar surface area (TPSA) is 3.24 Å². The van der Waals surface area contributed by atoms with Gasteiger partial charge in [0.15, 0.2) is 0 Å². The fourth-order valence-corrected chi connectivity index (χ4v) is 1.92. The molecule has 0 N–H and O–H groups in total. The smallest absolute Gasteiger partial charge is 0.0909 e. The first-order chi connectivity index (χ1) is 7.39. The molecule has 1 unspecified atom stereocenters. The third-order valence-electron chi connectivity index (χ3n) is 3.27. The molecule has 0 aromatic rings. The van der Waals surface area contributed by atoms with Gasteiger partial charge in [-0.05, 0) is 19.4 Å². The van der Waals surface area contributed by atoms with Crippen molar-refractivity contribution in [1.82, 2.24) is 4.90 Å². The van der Waals surface area contributed by atoms with Gasteiger partial charge in [0.2, 0.25) is 0 Å². The van der Waals surface area contributed by atoms with Crippen molar-refractivity contribution in [2.24, 2.45) is 5.92 Å². The van der Waals surface area contributed by atoms with Gasteiger partial charge >= 0.3 is 0 Å². The van der Waals surface area contributed by atoms with Crippen LogP contribution >= 0.6 is 0 Å². The van der Waals surface area contributed by atoms with E-state index < -0.39 is 0 Å². The summed E-state index contributed by atoms with van der Waals surface area (Å²) in [6.07, 6.45) is 5.46. The fraction of sp³-hybridized carbons (Fsp3) is 1.00. The normalized spacial score (nSPS) is 14.4. The number of nitrogens with zero attached hydrogens (tertiary/aromatic N) is 2. The average molecular weight is 229 g/mol. The Morgan fingerprint density at radius 2 is 1.75 bits per heavy atom. The zero-order valence-electron chi connectivity index (χ0n) is 12.4. The van der Waals surface area contributed by atoms with Gasteiger partial charge in [0.05, 0.1) is 27.7 Å². The zero-order chi connectivity index (χ0) is 12.6. The van der Waals surface area contributed by atoms with Crippen LogP contribution in [0.4, 0.5) is 0 Å². The van der Waals surface area contributed by atoms with Crippen LogP contribution in [-0.4, -0.2) is 57.2 Å². The molecule has 98 valence electrons. The highest BCUT2D eigenvalue weighted by Crippen LogP contribution is 2.13. The van der Waals surface area contributed by atoms with Crippen LogP contribution in [-0.2, 0) is 0 Å². The van der Waals surface area contributed by atoms with E-state index in [4.69, 9.17) is 0 Å². The highest BCUT2D eigenvalue weighted by molar-refractivity contribution is 4.62. The second-order valence-electron chi connectivity index (χ2n) is 6.19. The molecule has 0 saturated heterocycles. The maximum absolute atomic E-state index is 2.51. The van der Waals surface area contributed by atoms with Crippen molar-refractivity contribution in [3.05, 3.63) is 0 Å². The number of hydrogen-bond acceptors (Lipinski definition) is 1. The molecule has 2 nitrogen and oxygen atoms in total. The summed E-state index contributed by atoms with van der Waals surface area (Å²) in [6, 6.07) is 0. The van der Waals surface area contributed by atoms with Gasteiger partial charge in [-0.15, -0.1) is 0 Å². The molecule has 0 amide bonds. The number of unbranched alkanes of at least 4 members (excludes halogenated alkanes) is 1. The Morgan fingerprint density at radius 3 is 2.19 bits per heavy atom. The molecule has 0 rings (SSSR count). The van der Waals surface area contributed by atoms with Crippen LogP contribution in [0.5, 0.6) is 0 Å². The highest BCUT2D eigenvalue weighted by Gasteiger charge is 2.12. The van der Waals surface area contributed by atoms with E-state index in [9.17, 15) is 0 Å². The summed E-state index contributed by atoms with van der Waals surface area (Å²) >= 11 is 0. The first kappa shape index (κ1) is 15.9. The van der Waals surface area contributed by atoms with Crippen molar-refractivity contribution >= 4 is 0 Å². The maximum atomic E-state index is 2.51. The second-order valence-corrected chi connectivity index (χ2v) is 6.19. The zero-order valence-corrected chi connectivity index (χ0v) is 12.4. The van der Waals surface area contributed by atoms with E-state index in [1.165, 1.54) is 45.3 Å². The third kappa shape index (κ3) is 9.17. The van der Waals surface area contributed by atoms with Crippen LogP contribution in [0.1, 0.15) is 39.5 Å². The van der Waals surface area contributed by atoms with Gasteiger partial charge in [0.1, 0.15) is 0 Å². The summed E-state index contributed by atoms with van der Waals surface area (Å²) in [4.78, 5) is 2.51. The molecular weight excluding hydrogens is 196 g/mol. The molecule has 0 spiro atoms. The van der Waals surface area contributed by atoms with Crippen molar-refractivity contribution < 1.29 is 4.48 Å². The summed E-state index contributed by atoms with van der Waals surface area (Å²) in [7, 11) is 9.07. The van der Waals surface area contributed by atoms with Crippen molar-refractivity contribution in [3.63, 3.8) is 0 Å². The molecule has 0 fully saturated rings. The molecular formula is C14H33N2+. The van der Waals surface area contributed by atoms with Crippen LogP contribution in [0.3, 0.4) is 0 Å². The summed E-state index contributed by atoms with van der Waals surface area (Å²) < 4.78 is 1.07. The number of rotatable bonds is 9. The van der Waals surface area contributed by atoms with E-state index >= 15 is 0 Å². The van der Waals surface area contributed by atoms with Crippen molar-refractivity contribution in [2.45, 2.75) is 39.5 Å². The summed E-state index contributed by atoms with van der Waals surface area (Å²) in [5, 5.41) is 0. The lowest BCUT2D eigenvalue weighted by Crippen LogP contribution is -2.42. The molecule has 0 aliphatic heterocycles. The molecule has 0 aliphatic rings. The lowest BCUT2D eigenvalue weighted by molar-refractivity contribution is -0.869. The number of quaternary nitrogens is 1. The molecule has 0 aromatic carbocycles. The van der Waals surface area contributed by atoms with E-state index in [1.807, 2.05) is 0 Å². The van der Waals surface area contributed by atoms with Crippen LogP contribution in [0.25, 0.3) is 0 Å². The molecule has 0 bridgehead atoms. The minimum atomic E-state index is 0.900. The van der Waals surface area contributed by atoms with E-state index in [1.54, 1.807) is 0 Å². The average Bonchev–Trinajstić information content (AvgIpc) is 2.20. The Hall–Kier alpha value is -0.0800. The Balaban J connectivity index is 3.77. The van der Waals surface area contributed by atoms with Crippen LogP contribution in [0, 0.1) is 5.92 Å². The lowest BCUT2D eigenvalue weighted by Gasteiger charge is -2.28. The quantitative estimate of drug-likeness (QED) is 0.550. The number of hydrogen-bond donors (Lipinski definition) is 0. The molecule has 1 atom stereocenters. The molecule has 0 aromatic heterocycles. The summed E-state index contributed by atoms with van der Waals surface area (Å²) in [5.41, 5.74) is 0. The van der Waals surface area contributed by atoms with Gasteiger partial charge in [-0.1, -0.05) is 33.1 Å². The van der Waals surface area contributed by atoms with Crippen LogP contribution in [0.2, 0.25) is 0 Å². The molecule has 16 heavy (non-hydrogen) atoms. The fourth-order valence-electron chi connectivity index (χ4n) is 1.92. The van der Waals surface area contributed by atoms with Gasteiger partial charge in [0.25, 0.3) is 0 Å². The molecule has 0 aliphatic carbocycles. The van der Waals surface area contributed by atoms with Gasteiger partial charge < -0.3 is 9.38 Å². The summed E-state index contributed by atoms with van der Waals surface area (Å²) in [5.74, 6) is 0.900. The Labute approximate surface area is 103 Å². The van der Waals surface area contributed by atoms with Crippen molar-refractivity contribution in [3.8, 4) is 0 Å². The minimum absolute atomic E-state index is 0.900. The predicted molar refractivity (Wildman–Crippen MR) is 73.7 cm³/mol. The SMILES string of the molecule is CCCCC(CC)CN(C)CC[N+](C)(C)C. The molecule has 0 saturated carbocycles. The van der Waals surface area contributed by atoms with Gasteiger partial charge in [0, 0.05) is 13.1 Å². The highest BCUT2D eigenvalue weighted by atomic mass is 15.3. The summed E-state index contributed by atoms with van der Waals surface area (Å²) in [6.45, 7) is 8.34. The minimum Gasteiger partial charge on any atom is -0.330 e. The van der Waals surface area contributed by atoms with E-state index in [2.05, 4.69) is 46.9 Å². The standard InChI is InChI=1S/C14H33N2/c1-7-9-10-14(8-2)13-15(3)11-12-16(4,5)6/h14H,7-13H2,1-6H3/q+1. The van der Waals surface area contributed by atoms with Crippen molar-refractivity contribution in [1.29, 1.82) is 0 Å². The second kappa shape index (κ2) is 8.08. The molecule has 2 heteroatoms. The monoisotopic (exact) mass is 229 g/mol. The van der Waals surface area contributed by atoms with Crippen LogP contribution in [0.15, 0.2) is 0 Å². The lowest BCUT2D eigenvalue weighted by atomic mass is 9.99. The molecule has 0 radical (unpaired) electrons. The first-order valence-electron chi connectivity index (χ1n) is 6.88. The maximum Gasteiger partial charge on any atom is 0.0909 e. The largest absolute Gasteiger partial charge is 0.330 e. The van der Waals surface area contributed by atoms with Gasteiger partial charge in [-0.25, -0.2) is 0 Å². The Morgan fingerprint density at radius 1 is 1.12 bits per heavy atom. The Kier molecular flexibility index (Phi) is 8.04. The Bertz CT molecular complexity index is 161. The van der Waals surface area contributed by atoms with E-state index in [0.29, 0.717) is 0 Å². The van der Waals surface area contributed by atoms with Crippen LogP contribution < -0.4 is 0 Å².